The summed E-state index contributed by atoms with van der Waals surface area (Å²) in [6.45, 7) is 3.67. The van der Waals surface area contributed by atoms with Crippen molar-refractivity contribution in [3.8, 4) is 0 Å². The summed E-state index contributed by atoms with van der Waals surface area (Å²) in [5, 5.41) is 2.94. The maximum Gasteiger partial charge on any atom is 0.416 e. The number of nitrogens with one attached hydrogen (secondary N) is 2. The van der Waals surface area contributed by atoms with E-state index in [2.05, 4.69) is 10.0 Å². The molecule has 0 bridgehead atoms. The molecule has 1 fully saturated rings. The van der Waals surface area contributed by atoms with E-state index in [0.717, 1.165) is 38.1 Å². The molecule has 1 aromatic rings. The molecule has 1 heterocycles. The van der Waals surface area contributed by atoms with Crippen LogP contribution in [0.3, 0.4) is 0 Å². The van der Waals surface area contributed by atoms with E-state index in [9.17, 15) is 21.6 Å². The first kappa shape index (κ1) is 21.5. The lowest BCUT2D eigenvalue weighted by Crippen LogP contribution is -2.42. The van der Waals surface area contributed by atoms with Crippen LogP contribution in [0, 0.1) is 5.41 Å². The van der Waals surface area contributed by atoms with Gasteiger partial charge in [-0.2, -0.15) is 13.2 Å². The smallest absolute Gasteiger partial charge is 0.317 e. The Balaban J connectivity index is 0.00000288. The highest BCUT2D eigenvalue weighted by Gasteiger charge is 2.34. The number of hydrogen-bond acceptors (Lipinski definition) is 3. The van der Waals surface area contributed by atoms with Gasteiger partial charge in [0.15, 0.2) is 0 Å². The molecule has 0 aromatic heterocycles. The number of alkyl halides is 3. The Morgan fingerprint density at radius 3 is 2.42 bits per heavy atom. The van der Waals surface area contributed by atoms with Crippen LogP contribution in [0.4, 0.5) is 13.2 Å². The second-order valence-corrected chi connectivity index (χ2v) is 8.17. The van der Waals surface area contributed by atoms with Crippen molar-refractivity contribution >= 4 is 34.0 Å². The second-order valence-electron chi connectivity index (χ2n) is 6.03. The first-order chi connectivity index (χ1) is 10.5. The van der Waals surface area contributed by atoms with E-state index in [1.807, 2.05) is 6.92 Å². The van der Waals surface area contributed by atoms with Crippen LogP contribution in [0.5, 0.6) is 0 Å². The van der Waals surface area contributed by atoms with Gasteiger partial charge in [0.2, 0.25) is 10.0 Å². The molecule has 138 valence electrons. The van der Waals surface area contributed by atoms with Crippen LogP contribution in [0.1, 0.15) is 25.3 Å². The molecule has 2 N–H and O–H groups in total. The lowest BCUT2D eigenvalue weighted by molar-refractivity contribution is -0.137. The lowest BCUT2D eigenvalue weighted by atomic mass is 9.81. The van der Waals surface area contributed by atoms with Crippen LogP contribution in [-0.4, -0.2) is 28.1 Å². The molecule has 0 atom stereocenters. The average molecular weight is 407 g/mol. The van der Waals surface area contributed by atoms with Crippen molar-refractivity contribution in [2.45, 2.75) is 30.8 Å². The van der Waals surface area contributed by atoms with Crippen molar-refractivity contribution in [3.05, 3.63) is 28.8 Å². The fraction of sp³-hybridized carbons (Fsp3) is 0.571. The van der Waals surface area contributed by atoms with Gasteiger partial charge in [-0.15, -0.1) is 12.4 Å². The summed E-state index contributed by atoms with van der Waals surface area (Å²) in [5.41, 5.74) is -1.28. The predicted molar refractivity (Wildman–Crippen MR) is 89.1 cm³/mol. The van der Waals surface area contributed by atoms with E-state index >= 15 is 0 Å². The Morgan fingerprint density at radius 1 is 1.29 bits per heavy atom. The summed E-state index contributed by atoms with van der Waals surface area (Å²) in [4.78, 5) is -0.550. The SMILES string of the molecule is CC1(CNS(=O)(=O)c2cc(C(F)(F)F)ccc2Cl)CCNCC1.Cl. The van der Waals surface area contributed by atoms with Gasteiger partial charge in [0, 0.05) is 6.54 Å². The van der Waals surface area contributed by atoms with Crippen molar-refractivity contribution in [2.75, 3.05) is 19.6 Å². The minimum atomic E-state index is -4.63. The molecule has 0 amide bonds. The first-order valence-electron chi connectivity index (χ1n) is 7.11. The Bertz CT molecular complexity index is 675. The summed E-state index contributed by atoms with van der Waals surface area (Å²) in [5.74, 6) is 0. The van der Waals surface area contributed by atoms with Crippen LogP contribution in [0.15, 0.2) is 23.1 Å². The van der Waals surface area contributed by atoms with Gasteiger partial charge < -0.3 is 5.32 Å². The van der Waals surface area contributed by atoms with Crippen molar-refractivity contribution in [1.29, 1.82) is 0 Å². The maximum absolute atomic E-state index is 12.8. The molecule has 2 rings (SSSR count). The Labute approximate surface area is 150 Å². The fourth-order valence-electron chi connectivity index (χ4n) is 2.44. The van der Waals surface area contributed by atoms with Gasteiger partial charge in [0.05, 0.1) is 10.6 Å². The van der Waals surface area contributed by atoms with Gasteiger partial charge in [-0.3, -0.25) is 0 Å². The quantitative estimate of drug-likeness (QED) is 0.804. The molecule has 1 saturated heterocycles. The van der Waals surface area contributed by atoms with E-state index in [-0.39, 0.29) is 29.4 Å². The molecule has 0 saturated carbocycles. The van der Waals surface area contributed by atoms with Crippen molar-refractivity contribution < 1.29 is 21.6 Å². The Kier molecular flexibility index (Phi) is 6.97. The van der Waals surface area contributed by atoms with Crippen molar-refractivity contribution in [3.63, 3.8) is 0 Å². The average Bonchev–Trinajstić information content (AvgIpc) is 2.45. The predicted octanol–water partition coefficient (Wildman–Crippen LogP) is 3.45. The van der Waals surface area contributed by atoms with E-state index in [1.165, 1.54) is 0 Å². The largest absolute Gasteiger partial charge is 0.416 e. The van der Waals surface area contributed by atoms with Crippen LogP contribution < -0.4 is 10.0 Å². The van der Waals surface area contributed by atoms with Crippen LogP contribution >= 0.6 is 24.0 Å². The van der Waals surface area contributed by atoms with Crippen molar-refractivity contribution in [1.82, 2.24) is 10.0 Å². The minimum Gasteiger partial charge on any atom is -0.317 e. The number of benzene rings is 1. The van der Waals surface area contributed by atoms with Gasteiger partial charge in [0.1, 0.15) is 4.90 Å². The van der Waals surface area contributed by atoms with E-state index in [1.54, 1.807) is 0 Å². The second kappa shape index (κ2) is 7.78. The molecule has 0 aliphatic carbocycles. The van der Waals surface area contributed by atoms with Crippen LogP contribution in [0.2, 0.25) is 5.02 Å². The molecule has 0 radical (unpaired) electrons. The number of piperidine rings is 1. The molecule has 24 heavy (non-hydrogen) atoms. The maximum atomic E-state index is 12.8. The molecule has 1 aromatic carbocycles. The zero-order valence-corrected chi connectivity index (χ0v) is 15.3. The third-order valence-corrected chi connectivity index (χ3v) is 5.93. The highest BCUT2D eigenvalue weighted by atomic mass is 35.5. The van der Waals surface area contributed by atoms with Gasteiger partial charge in [0.25, 0.3) is 0 Å². The van der Waals surface area contributed by atoms with Gasteiger partial charge in [-0.05, 0) is 49.5 Å². The molecule has 10 heteroatoms. The topological polar surface area (TPSA) is 58.2 Å². The summed E-state index contributed by atoms with van der Waals surface area (Å²) < 4.78 is 65.4. The third-order valence-electron chi connectivity index (χ3n) is 4.05. The highest BCUT2D eigenvalue weighted by Crippen LogP contribution is 2.34. The molecular formula is C14H19Cl2F3N2O2S. The monoisotopic (exact) mass is 406 g/mol. The third kappa shape index (κ3) is 5.23. The van der Waals surface area contributed by atoms with Gasteiger partial charge in [-0.1, -0.05) is 18.5 Å². The van der Waals surface area contributed by atoms with Gasteiger partial charge >= 0.3 is 6.18 Å². The Morgan fingerprint density at radius 2 is 1.88 bits per heavy atom. The zero-order chi connectivity index (χ0) is 17.3. The first-order valence-corrected chi connectivity index (χ1v) is 8.97. The summed E-state index contributed by atoms with van der Waals surface area (Å²) >= 11 is 5.79. The van der Waals surface area contributed by atoms with E-state index in [0.29, 0.717) is 6.07 Å². The summed E-state index contributed by atoms with van der Waals surface area (Å²) in [7, 11) is -4.11. The normalized spacial score (nSPS) is 18.0. The summed E-state index contributed by atoms with van der Waals surface area (Å²) in [6, 6.07) is 2.27. The molecule has 1 aliphatic heterocycles. The highest BCUT2D eigenvalue weighted by molar-refractivity contribution is 7.89. The molecule has 0 unspecified atom stereocenters. The Hall–Kier alpha value is -0.540. The number of hydrogen-bond donors (Lipinski definition) is 2. The standard InChI is InChI=1S/C14H18ClF3N2O2S.ClH/c1-13(4-6-19-7-5-13)9-20-23(21,22)12-8-10(14(16,17)18)2-3-11(12)15;/h2-3,8,19-20H,4-7,9H2,1H3;1H. The molecular weight excluding hydrogens is 388 g/mol. The van der Waals surface area contributed by atoms with Crippen molar-refractivity contribution in [2.24, 2.45) is 5.41 Å². The van der Waals surface area contributed by atoms with E-state index < -0.39 is 26.7 Å². The number of rotatable bonds is 4. The number of halogens is 5. The minimum absolute atomic E-state index is 0. The van der Waals surface area contributed by atoms with Gasteiger partial charge in [-0.25, -0.2) is 13.1 Å². The molecule has 4 nitrogen and oxygen atoms in total. The fourth-order valence-corrected chi connectivity index (χ4v) is 4.16. The van der Waals surface area contributed by atoms with Crippen LogP contribution in [0.25, 0.3) is 0 Å². The van der Waals surface area contributed by atoms with E-state index in [4.69, 9.17) is 11.6 Å². The lowest BCUT2D eigenvalue weighted by Gasteiger charge is -2.34. The summed E-state index contributed by atoms with van der Waals surface area (Å²) in [6.07, 6.45) is -3.06. The zero-order valence-electron chi connectivity index (χ0n) is 12.9. The number of sulfonamides is 1. The van der Waals surface area contributed by atoms with Crippen LogP contribution in [-0.2, 0) is 16.2 Å². The molecule has 0 spiro atoms. The molecule has 1 aliphatic rings.